The van der Waals surface area contributed by atoms with Crippen molar-refractivity contribution in [2.45, 2.75) is 56.7 Å². The van der Waals surface area contributed by atoms with E-state index in [4.69, 9.17) is 4.52 Å². The molecular weight excluding hydrogens is 475 g/mol. The summed E-state index contributed by atoms with van der Waals surface area (Å²) in [5.74, 6) is 0.526. The zero-order chi connectivity index (χ0) is 25.6. The van der Waals surface area contributed by atoms with Gasteiger partial charge in [-0.2, -0.15) is 10.1 Å². The monoisotopic (exact) mass is 502 g/mol. The lowest BCUT2D eigenvalue weighted by atomic mass is 9.95. The van der Waals surface area contributed by atoms with E-state index in [9.17, 15) is 9.18 Å². The molecule has 2 N–H and O–H groups in total. The van der Waals surface area contributed by atoms with Crippen LogP contribution in [-0.4, -0.2) is 42.0 Å². The molecule has 1 fully saturated rings. The quantitative estimate of drug-likeness (QED) is 0.376. The zero-order valence-corrected chi connectivity index (χ0v) is 20.6. The Morgan fingerprint density at radius 1 is 1.22 bits per heavy atom. The lowest BCUT2D eigenvalue weighted by molar-refractivity contribution is 0.0919. The normalized spacial score (nSPS) is 20.1. The van der Waals surface area contributed by atoms with Crippen LogP contribution in [0.3, 0.4) is 0 Å². The first kappa shape index (κ1) is 23.3. The second kappa shape index (κ2) is 9.06. The Kier molecular flexibility index (Phi) is 5.69. The molecule has 3 aromatic heterocycles. The van der Waals surface area contributed by atoms with E-state index in [1.807, 2.05) is 44.4 Å². The molecule has 2 aliphatic carbocycles. The summed E-state index contributed by atoms with van der Waals surface area (Å²) < 4.78 is 21.8. The van der Waals surface area contributed by atoms with Crippen LogP contribution in [0.2, 0.25) is 0 Å². The number of hydrogen-bond donors (Lipinski definition) is 2. The van der Waals surface area contributed by atoms with E-state index in [1.165, 1.54) is 0 Å². The number of amides is 1. The van der Waals surface area contributed by atoms with Crippen molar-refractivity contribution in [3.63, 3.8) is 0 Å². The summed E-state index contributed by atoms with van der Waals surface area (Å²) in [6, 6.07) is 7.28. The molecule has 1 amide bonds. The number of fused-ring (bicyclic) bond motifs is 1. The van der Waals surface area contributed by atoms with Gasteiger partial charge in [0.2, 0.25) is 11.8 Å². The van der Waals surface area contributed by atoms with Crippen molar-refractivity contribution in [2.75, 3.05) is 5.32 Å². The van der Waals surface area contributed by atoms with Gasteiger partial charge in [0.05, 0.1) is 23.6 Å². The molecule has 0 bridgehead atoms. The molecule has 3 heterocycles. The highest BCUT2D eigenvalue weighted by molar-refractivity contribution is 5.90. The van der Waals surface area contributed by atoms with E-state index in [-0.39, 0.29) is 23.7 Å². The third-order valence-electron chi connectivity index (χ3n) is 7.09. The van der Waals surface area contributed by atoms with Gasteiger partial charge in [-0.15, -0.1) is 0 Å². The SMILES string of the molecule is Cn1cc(Nc2nccc(-c3ccc4c(c3)C[C@H](F)CC[C@@H]4NC(=O)c3noc(C4(C)CC4)n3)n2)cn1. The largest absolute Gasteiger partial charge is 0.342 e. The summed E-state index contributed by atoms with van der Waals surface area (Å²) in [7, 11) is 1.83. The Bertz CT molecular complexity index is 1460. The molecule has 0 saturated heterocycles. The number of aromatic nitrogens is 6. The predicted molar refractivity (Wildman–Crippen MR) is 133 cm³/mol. The highest BCUT2D eigenvalue weighted by Gasteiger charge is 2.45. The third kappa shape index (κ3) is 4.81. The molecule has 2 aliphatic rings. The first-order chi connectivity index (χ1) is 17.9. The van der Waals surface area contributed by atoms with Gasteiger partial charge in [-0.1, -0.05) is 24.2 Å². The number of nitrogens with one attached hydrogen (secondary N) is 2. The summed E-state index contributed by atoms with van der Waals surface area (Å²) in [5.41, 5.74) is 3.94. The number of anilines is 2. The topological polar surface area (TPSA) is 124 Å². The Morgan fingerprint density at radius 3 is 2.86 bits per heavy atom. The van der Waals surface area contributed by atoms with E-state index in [0.29, 0.717) is 30.4 Å². The first-order valence-corrected chi connectivity index (χ1v) is 12.4. The molecule has 1 saturated carbocycles. The second-order valence-corrected chi connectivity index (χ2v) is 10.1. The Balaban J connectivity index is 1.24. The zero-order valence-electron chi connectivity index (χ0n) is 20.6. The third-order valence-corrected chi connectivity index (χ3v) is 7.09. The van der Waals surface area contributed by atoms with Gasteiger partial charge >= 0.3 is 0 Å². The van der Waals surface area contributed by atoms with Gasteiger partial charge in [-0.3, -0.25) is 9.48 Å². The van der Waals surface area contributed by atoms with Gasteiger partial charge in [0.1, 0.15) is 6.17 Å². The summed E-state index contributed by atoms with van der Waals surface area (Å²) in [5, 5.41) is 14.2. The molecule has 6 rings (SSSR count). The maximum Gasteiger partial charge on any atom is 0.293 e. The number of carbonyl (C=O) groups is 1. The van der Waals surface area contributed by atoms with Crippen LogP contribution in [0.15, 0.2) is 47.4 Å². The number of aryl methyl sites for hydroxylation is 1. The van der Waals surface area contributed by atoms with Crippen molar-refractivity contribution in [1.29, 1.82) is 0 Å². The highest BCUT2D eigenvalue weighted by Crippen LogP contribution is 2.46. The number of halogens is 1. The molecule has 4 aromatic rings. The van der Waals surface area contributed by atoms with E-state index in [0.717, 1.165) is 35.2 Å². The molecule has 10 nitrogen and oxygen atoms in total. The van der Waals surface area contributed by atoms with Crippen LogP contribution >= 0.6 is 0 Å². The van der Waals surface area contributed by atoms with Crippen LogP contribution in [0.25, 0.3) is 11.3 Å². The fourth-order valence-electron chi connectivity index (χ4n) is 4.66. The van der Waals surface area contributed by atoms with Gasteiger partial charge in [0.15, 0.2) is 0 Å². The van der Waals surface area contributed by atoms with Gasteiger partial charge in [-0.05, 0) is 48.9 Å². The van der Waals surface area contributed by atoms with Gasteiger partial charge < -0.3 is 15.2 Å². The van der Waals surface area contributed by atoms with Crippen LogP contribution in [-0.2, 0) is 18.9 Å². The summed E-state index contributed by atoms with van der Waals surface area (Å²) in [6.07, 6.45) is 7.23. The Hall–Kier alpha value is -4.15. The molecule has 0 radical (unpaired) electrons. The predicted octanol–water partition coefficient (Wildman–Crippen LogP) is 4.20. The van der Waals surface area contributed by atoms with Crippen molar-refractivity contribution in [1.82, 2.24) is 35.2 Å². The van der Waals surface area contributed by atoms with Crippen LogP contribution in [0, 0.1) is 0 Å². The number of alkyl halides is 1. The van der Waals surface area contributed by atoms with Crippen molar-refractivity contribution in [3.05, 3.63) is 65.7 Å². The maximum absolute atomic E-state index is 14.7. The summed E-state index contributed by atoms with van der Waals surface area (Å²) >= 11 is 0. The number of hydrogen-bond acceptors (Lipinski definition) is 8. The van der Waals surface area contributed by atoms with Crippen molar-refractivity contribution in [2.24, 2.45) is 7.05 Å². The van der Waals surface area contributed by atoms with Crippen LogP contribution < -0.4 is 10.6 Å². The molecule has 2 atom stereocenters. The number of rotatable bonds is 6. The molecule has 190 valence electrons. The van der Waals surface area contributed by atoms with Crippen molar-refractivity contribution in [3.8, 4) is 11.3 Å². The fourth-order valence-corrected chi connectivity index (χ4v) is 4.66. The van der Waals surface area contributed by atoms with Gasteiger partial charge in [-0.25, -0.2) is 14.4 Å². The number of carbonyl (C=O) groups excluding carboxylic acids is 1. The highest BCUT2D eigenvalue weighted by atomic mass is 19.1. The second-order valence-electron chi connectivity index (χ2n) is 10.1. The molecule has 0 unspecified atom stereocenters. The molecule has 11 heteroatoms. The lowest BCUT2D eigenvalue weighted by Gasteiger charge is -2.19. The summed E-state index contributed by atoms with van der Waals surface area (Å²) in [4.78, 5) is 26.2. The average Bonchev–Trinajstić information content (AvgIpc) is 3.28. The fraction of sp³-hybridized carbons (Fsp3) is 0.385. The van der Waals surface area contributed by atoms with E-state index in [2.05, 4.69) is 35.8 Å². The number of benzene rings is 1. The summed E-state index contributed by atoms with van der Waals surface area (Å²) in [6.45, 7) is 2.04. The van der Waals surface area contributed by atoms with Crippen molar-refractivity contribution >= 4 is 17.5 Å². The molecule has 0 aliphatic heterocycles. The smallest absolute Gasteiger partial charge is 0.293 e. The number of nitrogens with zero attached hydrogens (tertiary/aromatic N) is 6. The van der Waals surface area contributed by atoms with Crippen molar-refractivity contribution < 1.29 is 13.7 Å². The van der Waals surface area contributed by atoms with E-state index >= 15 is 0 Å². The lowest BCUT2D eigenvalue weighted by Crippen LogP contribution is -2.29. The van der Waals surface area contributed by atoms with Crippen LogP contribution in [0.5, 0.6) is 0 Å². The molecule has 0 spiro atoms. The minimum absolute atomic E-state index is 0.0111. The standard InChI is InChI=1S/C26H27FN8O2/c1-26(8-9-26)24-33-22(34-37-24)23(36)31-21-6-4-17(27)12-16-11-15(3-5-19(16)21)20-7-10-28-25(32-20)30-18-13-29-35(2)14-18/h3,5,7,10-11,13-14,17,21H,4,6,8-9,12H2,1-2H3,(H,31,36)(H,28,30,32)/t17-,21+/m1/s1. The molecule has 1 aromatic carbocycles. The Morgan fingerprint density at radius 2 is 2.08 bits per heavy atom. The Labute approximate surface area is 212 Å². The van der Waals surface area contributed by atoms with Gasteiger partial charge in [0, 0.05) is 36.8 Å². The minimum Gasteiger partial charge on any atom is -0.342 e. The molecule has 37 heavy (non-hydrogen) atoms. The van der Waals surface area contributed by atoms with Gasteiger partial charge in [0.25, 0.3) is 11.7 Å². The first-order valence-electron chi connectivity index (χ1n) is 12.4. The average molecular weight is 503 g/mol. The van der Waals surface area contributed by atoms with E-state index < -0.39 is 12.1 Å². The molecular formula is C26H27FN8O2. The minimum atomic E-state index is -1.00. The van der Waals surface area contributed by atoms with Crippen LogP contribution in [0.1, 0.15) is 66.3 Å². The van der Waals surface area contributed by atoms with E-state index in [1.54, 1.807) is 17.1 Å². The maximum atomic E-state index is 14.7. The van der Waals surface area contributed by atoms with Crippen LogP contribution in [0.4, 0.5) is 16.0 Å².